The maximum absolute atomic E-state index is 12.4. The van der Waals surface area contributed by atoms with Crippen molar-refractivity contribution >= 4 is 46.6 Å². The number of nitrogens with zero attached hydrogens (tertiary/aromatic N) is 3. The van der Waals surface area contributed by atoms with E-state index in [-0.39, 0.29) is 11.6 Å². The first-order valence-corrected chi connectivity index (χ1v) is 9.11. The maximum atomic E-state index is 12.4. The molecule has 1 aliphatic heterocycles. The molecule has 1 aliphatic rings. The molecule has 0 spiro atoms. The van der Waals surface area contributed by atoms with E-state index in [9.17, 15) is 14.9 Å². The normalized spacial score (nSPS) is 14.6. The zero-order chi connectivity index (χ0) is 19.4. The van der Waals surface area contributed by atoms with Crippen molar-refractivity contribution in [2.24, 2.45) is 0 Å². The second-order valence-electron chi connectivity index (χ2n) is 6.09. The molecule has 8 heteroatoms. The minimum Gasteiger partial charge on any atom is -0.362 e. The van der Waals surface area contributed by atoms with Crippen LogP contribution in [0, 0.1) is 10.1 Å². The van der Waals surface area contributed by atoms with E-state index < -0.39 is 4.92 Å². The van der Waals surface area contributed by atoms with Crippen molar-refractivity contribution in [3.05, 3.63) is 74.3 Å². The SMILES string of the molecule is O=C(C=Cc1ccc(Cl)cc1)N1CCN(c2ccc(Cl)cc2[N+](=O)[O-])CC1. The average Bonchev–Trinajstić information content (AvgIpc) is 2.67. The van der Waals surface area contributed by atoms with E-state index in [0.717, 1.165) is 5.56 Å². The molecule has 0 aromatic heterocycles. The lowest BCUT2D eigenvalue weighted by Crippen LogP contribution is -2.48. The summed E-state index contributed by atoms with van der Waals surface area (Å²) in [6, 6.07) is 11.8. The minimum atomic E-state index is -0.437. The van der Waals surface area contributed by atoms with E-state index >= 15 is 0 Å². The van der Waals surface area contributed by atoms with Crippen LogP contribution in [0.5, 0.6) is 0 Å². The second-order valence-corrected chi connectivity index (χ2v) is 6.96. The smallest absolute Gasteiger partial charge is 0.294 e. The summed E-state index contributed by atoms with van der Waals surface area (Å²) in [6.07, 6.45) is 3.28. The molecule has 0 radical (unpaired) electrons. The summed E-state index contributed by atoms with van der Waals surface area (Å²) in [7, 11) is 0. The first-order chi connectivity index (χ1) is 12.9. The molecule has 0 atom stereocenters. The third-order valence-corrected chi connectivity index (χ3v) is 4.84. The lowest BCUT2D eigenvalue weighted by atomic mass is 10.2. The summed E-state index contributed by atoms with van der Waals surface area (Å²) in [6.45, 7) is 2.01. The van der Waals surface area contributed by atoms with Gasteiger partial charge in [-0.2, -0.15) is 0 Å². The number of carbonyl (C=O) groups excluding carboxylic acids is 1. The number of nitro benzene ring substituents is 1. The molecule has 1 heterocycles. The number of anilines is 1. The predicted molar refractivity (Wildman–Crippen MR) is 107 cm³/mol. The van der Waals surface area contributed by atoms with E-state index in [1.807, 2.05) is 17.0 Å². The fourth-order valence-corrected chi connectivity index (χ4v) is 3.22. The summed E-state index contributed by atoms with van der Waals surface area (Å²) in [4.78, 5) is 26.8. The van der Waals surface area contributed by atoms with Crippen LogP contribution in [0.15, 0.2) is 48.5 Å². The van der Waals surface area contributed by atoms with Crippen molar-refractivity contribution in [2.45, 2.75) is 0 Å². The lowest BCUT2D eigenvalue weighted by molar-refractivity contribution is -0.384. The molecule has 6 nitrogen and oxygen atoms in total. The van der Waals surface area contributed by atoms with Crippen LogP contribution in [0.1, 0.15) is 5.56 Å². The quantitative estimate of drug-likeness (QED) is 0.432. The Bertz CT molecular complexity index is 876. The molecule has 3 rings (SSSR count). The molecule has 27 heavy (non-hydrogen) atoms. The molecule has 0 N–H and O–H groups in total. The zero-order valence-corrected chi connectivity index (χ0v) is 15.9. The summed E-state index contributed by atoms with van der Waals surface area (Å²) in [5, 5.41) is 12.2. The fourth-order valence-electron chi connectivity index (χ4n) is 2.92. The highest BCUT2D eigenvalue weighted by Crippen LogP contribution is 2.31. The highest BCUT2D eigenvalue weighted by atomic mass is 35.5. The van der Waals surface area contributed by atoms with Gasteiger partial charge in [-0.3, -0.25) is 14.9 Å². The van der Waals surface area contributed by atoms with E-state index in [1.54, 1.807) is 35.2 Å². The molecular weight excluding hydrogens is 389 g/mol. The van der Waals surface area contributed by atoms with Crippen LogP contribution in [-0.4, -0.2) is 41.9 Å². The molecule has 140 valence electrons. The van der Waals surface area contributed by atoms with Crippen LogP contribution in [0.3, 0.4) is 0 Å². The highest BCUT2D eigenvalue weighted by Gasteiger charge is 2.25. The number of carbonyl (C=O) groups is 1. The Kier molecular flexibility index (Phi) is 5.98. The largest absolute Gasteiger partial charge is 0.362 e. The van der Waals surface area contributed by atoms with Gasteiger partial charge in [0.2, 0.25) is 5.91 Å². The monoisotopic (exact) mass is 405 g/mol. The van der Waals surface area contributed by atoms with Gasteiger partial charge in [-0.15, -0.1) is 0 Å². The van der Waals surface area contributed by atoms with Crippen LogP contribution in [0.25, 0.3) is 6.08 Å². The van der Waals surface area contributed by atoms with Gasteiger partial charge in [0.1, 0.15) is 5.69 Å². The van der Waals surface area contributed by atoms with Gasteiger partial charge in [-0.25, -0.2) is 0 Å². The molecule has 1 amide bonds. The van der Waals surface area contributed by atoms with Gasteiger partial charge in [0.05, 0.1) is 4.92 Å². The molecule has 2 aromatic carbocycles. The molecule has 1 saturated heterocycles. The van der Waals surface area contributed by atoms with Gasteiger partial charge in [0, 0.05) is 48.4 Å². The van der Waals surface area contributed by atoms with Crippen molar-refractivity contribution < 1.29 is 9.72 Å². The second kappa shape index (κ2) is 8.41. The van der Waals surface area contributed by atoms with Gasteiger partial charge >= 0.3 is 0 Å². The lowest BCUT2D eigenvalue weighted by Gasteiger charge is -2.35. The van der Waals surface area contributed by atoms with Crippen LogP contribution in [0.2, 0.25) is 10.0 Å². The van der Waals surface area contributed by atoms with Crippen LogP contribution >= 0.6 is 23.2 Å². The zero-order valence-electron chi connectivity index (χ0n) is 14.3. The van der Waals surface area contributed by atoms with Gasteiger partial charge in [0.15, 0.2) is 0 Å². The number of benzene rings is 2. The fraction of sp³-hybridized carbons (Fsp3) is 0.211. The van der Waals surface area contributed by atoms with Crippen molar-refractivity contribution in [2.75, 3.05) is 31.1 Å². The standard InChI is InChI=1S/C19H17Cl2N3O3/c20-15-4-1-14(2-5-15)3-8-19(25)23-11-9-22(10-12-23)17-7-6-16(21)13-18(17)24(26)27/h1-8,13H,9-12H2. The Morgan fingerprint density at radius 1 is 1.00 bits per heavy atom. The molecule has 0 saturated carbocycles. The maximum Gasteiger partial charge on any atom is 0.294 e. The van der Waals surface area contributed by atoms with Crippen LogP contribution in [0.4, 0.5) is 11.4 Å². The molecule has 2 aromatic rings. The van der Waals surface area contributed by atoms with Crippen molar-refractivity contribution in [3.8, 4) is 0 Å². The number of piperazine rings is 1. The Labute approximate surface area is 166 Å². The Balaban J connectivity index is 1.63. The number of hydrogen-bond donors (Lipinski definition) is 0. The first-order valence-electron chi connectivity index (χ1n) is 8.35. The molecule has 0 bridgehead atoms. The van der Waals surface area contributed by atoms with Crippen LogP contribution in [-0.2, 0) is 4.79 Å². The number of amides is 1. The van der Waals surface area contributed by atoms with E-state index in [1.165, 1.54) is 12.1 Å². The molecular formula is C19H17Cl2N3O3. The summed E-state index contributed by atoms with van der Waals surface area (Å²) < 4.78 is 0. The number of nitro groups is 1. The van der Waals surface area contributed by atoms with Crippen molar-refractivity contribution in [1.29, 1.82) is 0 Å². The third-order valence-electron chi connectivity index (χ3n) is 4.35. The van der Waals surface area contributed by atoms with Gasteiger partial charge < -0.3 is 9.80 Å². The topological polar surface area (TPSA) is 66.7 Å². The number of hydrogen-bond acceptors (Lipinski definition) is 4. The summed E-state index contributed by atoms with van der Waals surface area (Å²) in [5.41, 5.74) is 1.39. The Hall–Kier alpha value is -2.57. The molecule has 0 aliphatic carbocycles. The van der Waals surface area contributed by atoms with Crippen molar-refractivity contribution in [1.82, 2.24) is 4.90 Å². The van der Waals surface area contributed by atoms with Crippen molar-refractivity contribution in [3.63, 3.8) is 0 Å². The Morgan fingerprint density at radius 3 is 2.26 bits per heavy atom. The third kappa shape index (κ3) is 4.78. The predicted octanol–water partition coefficient (Wildman–Crippen LogP) is 4.26. The molecule has 0 unspecified atom stereocenters. The van der Waals surface area contributed by atoms with Gasteiger partial charge in [0.25, 0.3) is 5.69 Å². The molecule has 1 fully saturated rings. The summed E-state index contributed by atoms with van der Waals surface area (Å²) >= 11 is 11.7. The minimum absolute atomic E-state index is 0.0232. The summed E-state index contributed by atoms with van der Waals surface area (Å²) in [5.74, 6) is -0.0878. The Morgan fingerprint density at radius 2 is 1.63 bits per heavy atom. The van der Waals surface area contributed by atoms with Crippen LogP contribution < -0.4 is 4.90 Å². The van der Waals surface area contributed by atoms with E-state index in [2.05, 4.69) is 0 Å². The number of halogens is 2. The van der Waals surface area contributed by atoms with E-state index in [4.69, 9.17) is 23.2 Å². The van der Waals surface area contributed by atoms with Gasteiger partial charge in [-0.1, -0.05) is 35.3 Å². The van der Waals surface area contributed by atoms with E-state index in [0.29, 0.717) is 41.9 Å². The van der Waals surface area contributed by atoms with Gasteiger partial charge in [-0.05, 0) is 35.9 Å². The average molecular weight is 406 g/mol. The first kappa shape index (κ1) is 19.2. The highest BCUT2D eigenvalue weighted by molar-refractivity contribution is 6.31. The number of rotatable bonds is 4.